The zero-order valence-corrected chi connectivity index (χ0v) is 14.0. The largest absolute Gasteiger partial charge is 0.490 e. The topological polar surface area (TPSA) is 76.2 Å². The molecule has 1 aliphatic heterocycles. The van der Waals surface area contributed by atoms with Crippen LogP contribution in [0.2, 0.25) is 0 Å². The highest BCUT2D eigenvalue weighted by molar-refractivity contribution is 7.98. The predicted octanol–water partition coefficient (Wildman–Crippen LogP) is 3.06. The first kappa shape index (κ1) is 15.7. The molecular formula is C16H19N3O3S. The molecule has 0 unspecified atom stereocenters. The second kappa shape index (κ2) is 6.95. The standard InChI is InChI=1S/C16H19N3O3S/c1-3-21-13-6-5-10(7-14(13)22-4-2)17-16-18-12-9-23-8-11(12)15(20)19-16/h5-7H,3-4,8-9H2,1-2H3,(H2,17,18,19,20). The minimum absolute atomic E-state index is 0.0709. The molecule has 1 aliphatic rings. The number of aromatic nitrogens is 2. The monoisotopic (exact) mass is 333 g/mol. The van der Waals surface area contributed by atoms with Crippen molar-refractivity contribution in [2.75, 3.05) is 18.5 Å². The summed E-state index contributed by atoms with van der Waals surface area (Å²) in [4.78, 5) is 19.3. The fourth-order valence-electron chi connectivity index (χ4n) is 2.39. The van der Waals surface area contributed by atoms with Gasteiger partial charge in [-0.25, -0.2) is 4.98 Å². The molecule has 0 aliphatic carbocycles. The summed E-state index contributed by atoms with van der Waals surface area (Å²) in [6.45, 7) is 4.98. The average molecular weight is 333 g/mol. The van der Waals surface area contributed by atoms with Crippen LogP contribution >= 0.6 is 11.8 Å². The maximum atomic E-state index is 12.0. The van der Waals surface area contributed by atoms with E-state index in [1.54, 1.807) is 11.8 Å². The SMILES string of the molecule is CCOc1ccc(Nc2nc3c(c(=O)[nH]2)CSC3)cc1OCC. The summed E-state index contributed by atoms with van der Waals surface area (Å²) in [5, 5.41) is 3.13. The minimum Gasteiger partial charge on any atom is -0.490 e. The number of rotatable bonds is 6. The van der Waals surface area contributed by atoms with Crippen LogP contribution in [0.15, 0.2) is 23.0 Å². The number of anilines is 2. The van der Waals surface area contributed by atoms with Gasteiger partial charge in [0.05, 0.1) is 18.9 Å². The molecule has 0 saturated carbocycles. The molecule has 0 fully saturated rings. The number of benzene rings is 1. The van der Waals surface area contributed by atoms with Crippen LogP contribution in [-0.2, 0) is 11.5 Å². The molecule has 2 heterocycles. The van der Waals surface area contributed by atoms with Crippen molar-refractivity contribution in [1.82, 2.24) is 9.97 Å². The molecule has 7 heteroatoms. The molecule has 2 N–H and O–H groups in total. The lowest BCUT2D eigenvalue weighted by atomic mass is 10.2. The maximum absolute atomic E-state index is 12.0. The summed E-state index contributed by atoms with van der Waals surface area (Å²) in [5.74, 6) is 3.32. The molecule has 3 rings (SSSR count). The van der Waals surface area contributed by atoms with Crippen molar-refractivity contribution in [3.63, 3.8) is 0 Å². The van der Waals surface area contributed by atoms with E-state index in [-0.39, 0.29) is 5.56 Å². The van der Waals surface area contributed by atoms with E-state index in [1.807, 2.05) is 32.0 Å². The average Bonchev–Trinajstić information content (AvgIpc) is 2.99. The van der Waals surface area contributed by atoms with Crippen molar-refractivity contribution in [2.45, 2.75) is 25.4 Å². The number of nitrogens with zero attached hydrogens (tertiary/aromatic N) is 1. The van der Waals surface area contributed by atoms with Crippen molar-refractivity contribution in [2.24, 2.45) is 0 Å². The van der Waals surface area contributed by atoms with Gasteiger partial charge in [0.2, 0.25) is 5.95 Å². The van der Waals surface area contributed by atoms with Crippen LogP contribution in [0.3, 0.4) is 0 Å². The van der Waals surface area contributed by atoms with Crippen molar-refractivity contribution in [1.29, 1.82) is 0 Å². The van der Waals surface area contributed by atoms with Gasteiger partial charge in [0.15, 0.2) is 11.5 Å². The molecule has 0 amide bonds. The van der Waals surface area contributed by atoms with E-state index in [1.165, 1.54) is 0 Å². The highest BCUT2D eigenvalue weighted by atomic mass is 32.2. The van der Waals surface area contributed by atoms with Gasteiger partial charge in [-0.15, -0.1) is 0 Å². The van der Waals surface area contributed by atoms with E-state index in [9.17, 15) is 4.79 Å². The molecule has 122 valence electrons. The number of H-pyrrole nitrogens is 1. The second-order valence-corrected chi connectivity index (χ2v) is 5.97. The molecule has 2 aromatic rings. The Hall–Kier alpha value is -2.15. The van der Waals surface area contributed by atoms with E-state index < -0.39 is 0 Å². The van der Waals surface area contributed by atoms with Crippen molar-refractivity contribution in [3.8, 4) is 11.5 Å². The number of ether oxygens (including phenoxy) is 2. The fraction of sp³-hybridized carbons (Fsp3) is 0.375. The van der Waals surface area contributed by atoms with Gasteiger partial charge in [-0.1, -0.05) is 0 Å². The molecule has 1 aromatic carbocycles. The Labute approximate surface area is 138 Å². The van der Waals surface area contributed by atoms with Crippen LogP contribution < -0.4 is 20.3 Å². The number of fused-ring (bicyclic) bond motifs is 1. The Morgan fingerprint density at radius 1 is 1.22 bits per heavy atom. The number of thioether (sulfide) groups is 1. The summed E-state index contributed by atoms with van der Waals surface area (Å²) in [6.07, 6.45) is 0. The van der Waals surface area contributed by atoms with Gasteiger partial charge in [0.1, 0.15) is 0 Å². The summed E-state index contributed by atoms with van der Waals surface area (Å²) < 4.78 is 11.2. The molecule has 6 nitrogen and oxygen atoms in total. The molecular weight excluding hydrogens is 314 g/mol. The summed E-state index contributed by atoms with van der Waals surface area (Å²) in [5.41, 5.74) is 2.35. The quantitative estimate of drug-likeness (QED) is 0.846. The van der Waals surface area contributed by atoms with Crippen LogP contribution in [0, 0.1) is 0 Å². The van der Waals surface area contributed by atoms with Crippen LogP contribution in [0.1, 0.15) is 25.1 Å². The molecule has 0 saturated heterocycles. The molecule has 0 spiro atoms. The van der Waals surface area contributed by atoms with Crippen LogP contribution in [0.5, 0.6) is 11.5 Å². The van der Waals surface area contributed by atoms with Gasteiger partial charge in [-0.3, -0.25) is 9.78 Å². The summed E-state index contributed by atoms with van der Waals surface area (Å²) in [6, 6.07) is 5.56. The van der Waals surface area contributed by atoms with Crippen LogP contribution in [0.4, 0.5) is 11.6 Å². The lowest BCUT2D eigenvalue weighted by molar-refractivity contribution is 0.288. The predicted molar refractivity (Wildman–Crippen MR) is 91.9 cm³/mol. The maximum Gasteiger partial charge on any atom is 0.256 e. The lowest BCUT2D eigenvalue weighted by Gasteiger charge is -2.13. The van der Waals surface area contributed by atoms with Gasteiger partial charge in [0, 0.05) is 28.8 Å². The Balaban J connectivity index is 1.87. The van der Waals surface area contributed by atoms with Gasteiger partial charge in [-0.2, -0.15) is 11.8 Å². The Morgan fingerprint density at radius 3 is 2.78 bits per heavy atom. The number of nitrogens with one attached hydrogen (secondary N) is 2. The number of hydrogen-bond donors (Lipinski definition) is 2. The highest BCUT2D eigenvalue weighted by Gasteiger charge is 2.17. The Bertz CT molecular complexity index is 761. The van der Waals surface area contributed by atoms with Crippen molar-refractivity contribution >= 4 is 23.4 Å². The number of aromatic amines is 1. The van der Waals surface area contributed by atoms with E-state index in [0.717, 1.165) is 28.5 Å². The normalized spacial score (nSPS) is 12.8. The summed E-state index contributed by atoms with van der Waals surface area (Å²) >= 11 is 1.70. The molecule has 0 atom stereocenters. The third kappa shape index (κ3) is 3.44. The molecule has 1 aromatic heterocycles. The fourth-order valence-corrected chi connectivity index (χ4v) is 3.42. The molecule has 0 bridgehead atoms. The van der Waals surface area contributed by atoms with Gasteiger partial charge in [0.25, 0.3) is 5.56 Å². The van der Waals surface area contributed by atoms with Crippen LogP contribution in [0.25, 0.3) is 0 Å². The van der Waals surface area contributed by atoms with Crippen molar-refractivity contribution in [3.05, 3.63) is 39.8 Å². The lowest BCUT2D eigenvalue weighted by Crippen LogP contribution is -2.16. The third-order valence-corrected chi connectivity index (χ3v) is 4.36. The zero-order chi connectivity index (χ0) is 16.2. The first-order valence-corrected chi connectivity index (χ1v) is 8.73. The minimum atomic E-state index is -0.0709. The first-order chi connectivity index (χ1) is 11.2. The highest BCUT2D eigenvalue weighted by Crippen LogP contribution is 2.32. The summed E-state index contributed by atoms with van der Waals surface area (Å²) in [7, 11) is 0. The van der Waals surface area contributed by atoms with Crippen LogP contribution in [-0.4, -0.2) is 23.2 Å². The Morgan fingerprint density at radius 2 is 2.00 bits per heavy atom. The zero-order valence-electron chi connectivity index (χ0n) is 13.1. The molecule has 0 radical (unpaired) electrons. The number of hydrogen-bond acceptors (Lipinski definition) is 6. The molecule has 23 heavy (non-hydrogen) atoms. The van der Waals surface area contributed by atoms with Crippen molar-refractivity contribution < 1.29 is 9.47 Å². The third-order valence-electron chi connectivity index (χ3n) is 3.39. The second-order valence-electron chi connectivity index (χ2n) is 4.99. The van der Waals surface area contributed by atoms with E-state index >= 15 is 0 Å². The van der Waals surface area contributed by atoms with E-state index in [0.29, 0.717) is 30.7 Å². The smallest absolute Gasteiger partial charge is 0.256 e. The first-order valence-electron chi connectivity index (χ1n) is 7.57. The van der Waals surface area contributed by atoms with Gasteiger partial charge >= 0.3 is 0 Å². The van der Waals surface area contributed by atoms with Gasteiger partial charge < -0.3 is 14.8 Å². The van der Waals surface area contributed by atoms with E-state index in [2.05, 4.69) is 15.3 Å². The Kier molecular flexibility index (Phi) is 4.76. The van der Waals surface area contributed by atoms with E-state index in [4.69, 9.17) is 9.47 Å². The van der Waals surface area contributed by atoms with Gasteiger partial charge in [-0.05, 0) is 26.0 Å².